The maximum Gasteiger partial charge on any atom is 0.271 e. The molecule has 0 radical (unpaired) electrons. The van der Waals surface area contributed by atoms with Gasteiger partial charge in [-0.05, 0) is 61.2 Å². The molecule has 1 aliphatic rings. The summed E-state index contributed by atoms with van der Waals surface area (Å²) in [6.07, 6.45) is 1.71. The molecule has 1 atom stereocenters. The third-order valence-electron chi connectivity index (χ3n) is 6.51. The fraction of sp³-hybridized carbons (Fsp3) is 0.100. The normalized spacial score (nSPS) is 15.3. The van der Waals surface area contributed by atoms with E-state index in [9.17, 15) is 9.59 Å². The standard InChI is InChI=1S/C30H22ClN3O3S2/c1-17-8-3-6-11-22(17)33-28(35)26-18(2)32-30-34(27(26)24-12-7-15-38-24)29(36)25(39-30)16-19-13-14-23(37-19)20-9-4-5-10-21(20)31/h3-16,27H,1-2H3,(H,33,35). The minimum absolute atomic E-state index is 0.235. The van der Waals surface area contributed by atoms with E-state index in [-0.39, 0.29) is 11.5 Å². The summed E-state index contributed by atoms with van der Waals surface area (Å²) in [4.78, 5) is 33.6. The summed E-state index contributed by atoms with van der Waals surface area (Å²) in [7, 11) is 0. The molecule has 1 N–H and O–H groups in total. The average Bonchev–Trinajstić information content (AvgIpc) is 3.67. The minimum Gasteiger partial charge on any atom is -0.457 e. The molecule has 4 heterocycles. The number of nitrogens with one attached hydrogen (secondary N) is 1. The number of anilines is 1. The van der Waals surface area contributed by atoms with Crippen LogP contribution in [0.5, 0.6) is 0 Å². The van der Waals surface area contributed by atoms with Crippen LogP contribution in [0, 0.1) is 6.92 Å². The molecule has 0 fully saturated rings. The second-order valence-corrected chi connectivity index (χ2v) is 11.4. The highest BCUT2D eigenvalue weighted by molar-refractivity contribution is 7.10. The lowest BCUT2D eigenvalue weighted by Gasteiger charge is -2.24. The van der Waals surface area contributed by atoms with E-state index in [0.29, 0.717) is 37.1 Å². The van der Waals surface area contributed by atoms with Gasteiger partial charge < -0.3 is 9.73 Å². The van der Waals surface area contributed by atoms with Gasteiger partial charge in [0.2, 0.25) is 0 Å². The fourth-order valence-corrected chi connectivity index (χ4v) is 6.68. The zero-order chi connectivity index (χ0) is 27.1. The van der Waals surface area contributed by atoms with Gasteiger partial charge in [0.05, 0.1) is 20.8 Å². The molecule has 0 spiro atoms. The van der Waals surface area contributed by atoms with E-state index in [4.69, 9.17) is 21.0 Å². The molecule has 194 valence electrons. The number of amides is 1. The predicted molar refractivity (Wildman–Crippen MR) is 157 cm³/mol. The van der Waals surface area contributed by atoms with Gasteiger partial charge in [-0.25, -0.2) is 4.99 Å². The van der Waals surface area contributed by atoms with Crippen LogP contribution in [-0.2, 0) is 4.79 Å². The molecule has 2 aromatic carbocycles. The summed E-state index contributed by atoms with van der Waals surface area (Å²) >= 11 is 9.10. The number of hydrogen-bond donors (Lipinski definition) is 1. The number of nitrogens with zero attached hydrogens (tertiary/aromatic N) is 2. The van der Waals surface area contributed by atoms with Crippen molar-refractivity contribution < 1.29 is 9.21 Å². The molecule has 5 aromatic rings. The van der Waals surface area contributed by atoms with E-state index >= 15 is 0 Å². The van der Waals surface area contributed by atoms with Crippen molar-refractivity contribution >= 4 is 51.9 Å². The molecule has 3 aromatic heterocycles. The van der Waals surface area contributed by atoms with Gasteiger partial charge in [-0.3, -0.25) is 14.2 Å². The first-order chi connectivity index (χ1) is 18.9. The summed E-state index contributed by atoms with van der Waals surface area (Å²) in [5.41, 5.74) is 3.23. The fourth-order valence-electron chi connectivity index (χ4n) is 4.60. The Morgan fingerprint density at radius 1 is 1.05 bits per heavy atom. The molecule has 0 saturated carbocycles. The van der Waals surface area contributed by atoms with Crippen molar-refractivity contribution in [2.24, 2.45) is 4.99 Å². The molecule has 6 rings (SSSR count). The molecule has 39 heavy (non-hydrogen) atoms. The average molecular weight is 572 g/mol. The van der Waals surface area contributed by atoms with Gasteiger partial charge in [-0.15, -0.1) is 11.3 Å². The number of carbonyl (C=O) groups excluding carboxylic acids is 1. The summed E-state index contributed by atoms with van der Waals surface area (Å²) in [5, 5.41) is 5.55. The van der Waals surface area contributed by atoms with E-state index in [1.54, 1.807) is 22.8 Å². The number of fused-ring (bicyclic) bond motifs is 1. The maximum atomic E-state index is 13.8. The lowest BCUT2D eigenvalue weighted by molar-refractivity contribution is -0.113. The van der Waals surface area contributed by atoms with Crippen molar-refractivity contribution in [1.82, 2.24) is 4.57 Å². The Morgan fingerprint density at radius 2 is 1.85 bits per heavy atom. The highest BCUT2D eigenvalue weighted by Crippen LogP contribution is 2.33. The SMILES string of the molecule is CC1=C(C(=O)Nc2ccccc2C)C(c2cccs2)n2c(sc(=Cc3ccc(-c4ccccc4Cl)o3)c2=O)=N1. The maximum absolute atomic E-state index is 13.8. The van der Waals surface area contributed by atoms with Gasteiger partial charge in [-0.1, -0.05) is 59.3 Å². The Morgan fingerprint density at radius 3 is 2.62 bits per heavy atom. The number of carbonyl (C=O) groups is 1. The van der Waals surface area contributed by atoms with Crippen LogP contribution in [0.25, 0.3) is 17.4 Å². The Hall–Kier alpha value is -3.98. The zero-order valence-electron chi connectivity index (χ0n) is 21.0. The number of aromatic nitrogens is 1. The number of thiazole rings is 1. The number of allylic oxidation sites excluding steroid dienone is 1. The summed E-state index contributed by atoms with van der Waals surface area (Å²) < 4.78 is 8.09. The lowest BCUT2D eigenvalue weighted by atomic mass is 10.0. The topological polar surface area (TPSA) is 76.6 Å². The van der Waals surface area contributed by atoms with Crippen LogP contribution in [0.15, 0.2) is 104 Å². The number of para-hydroxylation sites is 1. The summed E-state index contributed by atoms with van der Waals surface area (Å²) in [6.45, 7) is 3.75. The van der Waals surface area contributed by atoms with E-state index in [1.807, 2.05) is 79.9 Å². The van der Waals surface area contributed by atoms with Gasteiger partial charge in [0.1, 0.15) is 17.6 Å². The summed E-state index contributed by atoms with van der Waals surface area (Å²) in [5.74, 6) is 0.854. The molecule has 1 amide bonds. The van der Waals surface area contributed by atoms with Crippen LogP contribution < -0.4 is 20.2 Å². The highest BCUT2D eigenvalue weighted by Gasteiger charge is 2.33. The molecular weight excluding hydrogens is 550 g/mol. The van der Waals surface area contributed by atoms with Crippen molar-refractivity contribution in [2.45, 2.75) is 19.9 Å². The first-order valence-electron chi connectivity index (χ1n) is 12.2. The van der Waals surface area contributed by atoms with Crippen molar-refractivity contribution in [3.05, 3.63) is 130 Å². The largest absolute Gasteiger partial charge is 0.457 e. The Labute approximate surface area is 236 Å². The Kier molecular flexibility index (Phi) is 6.68. The van der Waals surface area contributed by atoms with E-state index < -0.39 is 6.04 Å². The number of thiophene rings is 1. The lowest BCUT2D eigenvalue weighted by Crippen LogP contribution is -2.40. The van der Waals surface area contributed by atoms with Gasteiger partial charge in [-0.2, -0.15) is 0 Å². The van der Waals surface area contributed by atoms with Gasteiger partial charge >= 0.3 is 0 Å². The Bertz CT molecular complexity index is 1930. The third kappa shape index (κ3) is 4.71. The number of rotatable bonds is 5. The van der Waals surface area contributed by atoms with Gasteiger partial charge in [0.25, 0.3) is 11.5 Å². The van der Waals surface area contributed by atoms with Crippen LogP contribution in [-0.4, -0.2) is 10.5 Å². The molecule has 1 aliphatic heterocycles. The first kappa shape index (κ1) is 25.3. The number of aryl methyl sites for hydroxylation is 1. The minimum atomic E-state index is -0.595. The van der Waals surface area contributed by atoms with Crippen molar-refractivity contribution in [2.75, 3.05) is 5.32 Å². The zero-order valence-corrected chi connectivity index (χ0v) is 23.4. The van der Waals surface area contributed by atoms with E-state index in [0.717, 1.165) is 21.7 Å². The van der Waals surface area contributed by atoms with Gasteiger partial charge in [0.15, 0.2) is 4.80 Å². The van der Waals surface area contributed by atoms with Crippen LogP contribution in [0.1, 0.15) is 29.2 Å². The number of benzene rings is 2. The molecule has 6 nitrogen and oxygen atoms in total. The van der Waals surface area contributed by atoms with E-state index in [2.05, 4.69) is 5.32 Å². The van der Waals surface area contributed by atoms with E-state index in [1.165, 1.54) is 22.7 Å². The van der Waals surface area contributed by atoms with Crippen molar-refractivity contribution in [1.29, 1.82) is 0 Å². The molecule has 1 unspecified atom stereocenters. The molecular formula is C30H22ClN3O3S2. The highest BCUT2D eigenvalue weighted by atomic mass is 35.5. The van der Waals surface area contributed by atoms with Crippen LogP contribution in [0.4, 0.5) is 5.69 Å². The van der Waals surface area contributed by atoms with Crippen LogP contribution >= 0.6 is 34.3 Å². The van der Waals surface area contributed by atoms with Crippen LogP contribution in [0.2, 0.25) is 5.02 Å². The van der Waals surface area contributed by atoms with Crippen molar-refractivity contribution in [3.63, 3.8) is 0 Å². The van der Waals surface area contributed by atoms with Gasteiger partial charge in [0, 0.05) is 22.2 Å². The second-order valence-electron chi connectivity index (χ2n) is 9.05. The number of hydrogen-bond acceptors (Lipinski definition) is 6. The number of halogens is 1. The van der Waals surface area contributed by atoms with Crippen LogP contribution in [0.3, 0.4) is 0 Å². The number of furan rings is 1. The first-order valence-corrected chi connectivity index (χ1v) is 14.3. The quantitative estimate of drug-likeness (QED) is 0.275. The molecule has 0 aliphatic carbocycles. The second kappa shape index (κ2) is 10.3. The van der Waals surface area contributed by atoms with Crippen molar-refractivity contribution in [3.8, 4) is 11.3 Å². The molecule has 0 saturated heterocycles. The predicted octanol–water partition coefficient (Wildman–Crippen LogP) is 6.16. The summed E-state index contributed by atoms with van der Waals surface area (Å²) in [6, 6.07) is 21.9. The monoisotopic (exact) mass is 571 g/mol. The Balaban J connectivity index is 1.43. The third-order valence-corrected chi connectivity index (χ3v) is 8.75. The molecule has 9 heteroatoms. The molecule has 0 bridgehead atoms. The smallest absolute Gasteiger partial charge is 0.271 e.